The molecular formula is C12H15N3O. The normalized spacial score (nSPS) is 10.9. The standard InChI is InChI=1S/C12H15N3O/c1-8(2)6-10-11(12(13)15-16-10)9-4-3-5-14-7-9/h3-5,7-8H,6H2,1-2H3,(H2,13,15). The summed E-state index contributed by atoms with van der Waals surface area (Å²) in [5, 5.41) is 3.82. The van der Waals surface area contributed by atoms with Crippen LogP contribution in [-0.2, 0) is 6.42 Å². The van der Waals surface area contributed by atoms with Gasteiger partial charge in [0.05, 0.1) is 5.56 Å². The molecule has 0 unspecified atom stereocenters. The molecule has 4 heteroatoms. The Hall–Kier alpha value is -1.84. The maximum atomic E-state index is 5.82. The Labute approximate surface area is 94.5 Å². The zero-order chi connectivity index (χ0) is 11.5. The van der Waals surface area contributed by atoms with Crippen LogP contribution in [0.4, 0.5) is 5.82 Å². The number of rotatable bonds is 3. The molecule has 2 rings (SSSR count). The molecule has 0 fully saturated rings. The van der Waals surface area contributed by atoms with Gasteiger partial charge in [-0.05, 0) is 12.0 Å². The highest BCUT2D eigenvalue weighted by Gasteiger charge is 2.16. The molecule has 2 aromatic heterocycles. The fraction of sp³-hybridized carbons (Fsp3) is 0.333. The minimum atomic E-state index is 0.434. The second-order valence-corrected chi connectivity index (χ2v) is 4.21. The van der Waals surface area contributed by atoms with E-state index in [1.165, 1.54) is 0 Å². The molecule has 0 atom stereocenters. The molecule has 84 valence electrons. The lowest BCUT2D eigenvalue weighted by molar-refractivity contribution is 0.372. The Balaban J connectivity index is 2.43. The molecule has 0 amide bonds. The second-order valence-electron chi connectivity index (χ2n) is 4.21. The first kappa shape index (κ1) is 10.7. The fourth-order valence-corrected chi connectivity index (χ4v) is 1.67. The molecule has 0 aliphatic heterocycles. The molecule has 0 aliphatic carbocycles. The van der Waals surface area contributed by atoms with Crippen molar-refractivity contribution in [2.24, 2.45) is 5.92 Å². The van der Waals surface area contributed by atoms with Crippen LogP contribution in [0.3, 0.4) is 0 Å². The quantitative estimate of drug-likeness (QED) is 0.857. The van der Waals surface area contributed by atoms with Crippen molar-refractivity contribution in [3.8, 4) is 11.1 Å². The third-order valence-electron chi connectivity index (χ3n) is 2.33. The third kappa shape index (κ3) is 2.05. The summed E-state index contributed by atoms with van der Waals surface area (Å²) in [6.07, 6.45) is 4.33. The van der Waals surface area contributed by atoms with Gasteiger partial charge >= 0.3 is 0 Å². The van der Waals surface area contributed by atoms with Crippen molar-refractivity contribution in [1.29, 1.82) is 0 Å². The Morgan fingerprint density at radius 1 is 1.44 bits per heavy atom. The van der Waals surface area contributed by atoms with Gasteiger partial charge in [0.2, 0.25) is 0 Å². The molecule has 2 aromatic rings. The summed E-state index contributed by atoms with van der Waals surface area (Å²) in [4.78, 5) is 4.08. The minimum Gasteiger partial charge on any atom is -0.380 e. The molecule has 0 spiro atoms. The maximum absolute atomic E-state index is 5.82. The van der Waals surface area contributed by atoms with Gasteiger partial charge in [0.1, 0.15) is 5.76 Å². The van der Waals surface area contributed by atoms with Crippen LogP contribution >= 0.6 is 0 Å². The first-order valence-corrected chi connectivity index (χ1v) is 5.33. The number of nitrogen functional groups attached to an aromatic ring is 1. The summed E-state index contributed by atoms with van der Waals surface area (Å²) in [5.74, 6) is 1.77. The Bertz CT molecular complexity index is 462. The van der Waals surface area contributed by atoms with Crippen LogP contribution < -0.4 is 5.73 Å². The Morgan fingerprint density at radius 3 is 2.88 bits per heavy atom. The molecule has 0 saturated heterocycles. The molecule has 0 radical (unpaired) electrons. The van der Waals surface area contributed by atoms with Crippen LogP contribution in [0.15, 0.2) is 29.0 Å². The number of pyridine rings is 1. The van der Waals surface area contributed by atoms with E-state index in [2.05, 4.69) is 24.0 Å². The molecule has 0 saturated carbocycles. The summed E-state index contributed by atoms with van der Waals surface area (Å²) >= 11 is 0. The zero-order valence-electron chi connectivity index (χ0n) is 9.47. The molecule has 2 N–H and O–H groups in total. The van der Waals surface area contributed by atoms with Crippen LogP contribution in [0.2, 0.25) is 0 Å². The van der Waals surface area contributed by atoms with Gasteiger partial charge in [0.15, 0.2) is 5.82 Å². The van der Waals surface area contributed by atoms with Crippen molar-refractivity contribution in [2.75, 3.05) is 5.73 Å². The van der Waals surface area contributed by atoms with Gasteiger partial charge in [-0.1, -0.05) is 25.1 Å². The van der Waals surface area contributed by atoms with E-state index in [4.69, 9.17) is 10.3 Å². The van der Waals surface area contributed by atoms with E-state index in [1.807, 2.05) is 12.1 Å². The van der Waals surface area contributed by atoms with Crippen LogP contribution in [-0.4, -0.2) is 10.1 Å². The highest BCUT2D eigenvalue weighted by molar-refractivity contribution is 5.74. The SMILES string of the molecule is CC(C)Cc1onc(N)c1-c1cccnc1. The summed E-state index contributed by atoms with van der Waals surface area (Å²) in [6.45, 7) is 4.26. The van der Waals surface area contributed by atoms with Gasteiger partial charge in [-0.25, -0.2) is 0 Å². The first-order chi connectivity index (χ1) is 7.68. The molecule has 4 nitrogen and oxygen atoms in total. The van der Waals surface area contributed by atoms with Crippen molar-refractivity contribution in [1.82, 2.24) is 10.1 Å². The number of nitrogens with two attached hydrogens (primary N) is 1. The number of anilines is 1. The van der Waals surface area contributed by atoms with E-state index in [9.17, 15) is 0 Å². The smallest absolute Gasteiger partial charge is 0.175 e. The summed E-state index contributed by atoms with van der Waals surface area (Å²) < 4.78 is 5.26. The predicted molar refractivity (Wildman–Crippen MR) is 62.7 cm³/mol. The van der Waals surface area contributed by atoms with Gasteiger partial charge in [0.25, 0.3) is 0 Å². The highest BCUT2D eigenvalue weighted by atomic mass is 16.5. The fourth-order valence-electron chi connectivity index (χ4n) is 1.67. The largest absolute Gasteiger partial charge is 0.380 e. The number of nitrogens with zero attached hydrogens (tertiary/aromatic N) is 2. The number of aromatic nitrogens is 2. The van der Waals surface area contributed by atoms with E-state index in [0.717, 1.165) is 23.3 Å². The van der Waals surface area contributed by atoms with Gasteiger partial charge in [-0.15, -0.1) is 0 Å². The van der Waals surface area contributed by atoms with Crippen LogP contribution in [0.25, 0.3) is 11.1 Å². The predicted octanol–water partition coefficient (Wildman–Crippen LogP) is 2.52. The van der Waals surface area contributed by atoms with Crippen molar-refractivity contribution in [3.05, 3.63) is 30.3 Å². The Kier molecular flexibility index (Phi) is 2.90. The highest BCUT2D eigenvalue weighted by Crippen LogP contribution is 2.30. The zero-order valence-corrected chi connectivity index (χ0v) is 9.47. The molecular weight excluding hydrogens is 202 g/mol. The van der Waals surface area contributed by atoms with Crippen molar-refractivity contribution in [3.63, 3.8) is 0 Å². The monoisotopic (exact) mass is 217 g/mol. The lowest BCUT2D eigenvalue weighted by Gasteiger charge is -2.03. The molecule has 16 heavy (non-hydrogen) atoms. The average Bonchev–Trinajstić information content (AvgIpc) is 2.60. The Morgan fingerprint density at radius 2 is 2.25 bits per heavy atom. The summed E-state index contributed by atoms with van der Waals surface area (Å²) in [7, 11) is 0. The molecule has 0 bridgehead atoms. The lowest BCUT2D eigenvalue weighted by Crippen LogP contribution is -1.96. The van der Waals surface area contributed by atoms with Gasteiger partial charge in [-0.2, -0.15) is 0 Å². The van der Waals surface area contributed by atoms with Crippen molar-refractivity contribution < 1.29 is 4.52 Å². The van der Waals surface area contributed by atoms with E-state index in [-0.39, 0.29) is 0 Å². The first-order valence-electron chi connectivity index (χ1n) is 5.33. The van der Waals surface area contributed by atoms with Crippen LogP contribution in [0, 0.1) is 5.92 Å². The summed E-state index contributed by atoms with van der Waals surface area (Å²) in [5.41, 5.74) is 7.65. The van der Waals surface area contributed by atoms with Crippen LogP contribution in [0.5, 0.6) is 0 Å². The molecule has 2 heterocycles. The third-order valence-corrected chi connectivity index (χ3v) is 2.33. The van der Waals surface area contributed by atoms with E-state index < -0.39 is 0 Å². The van der Waals surface area contributed by atoms with E-state index >= 15 is 0 Å². The number of hydrogen-bond donors (Lipinski definition) is 1. The van der Waals surface area contributed by atoms with Crippen LogP contribution in [0.1, 0.15) is 19.6 Å². The minimum absolute atomic E-state index is 0.434. The van der Waals surface area contributed by atoms with Crippen molar-refractivity contribution >= 4 is 5.82 Å². The number of hydrogen-bond acceptors (Lipinski definition) is 4. The maximum Gasteiger partial charge on any atom is 0.175 e. The van der Waals surface area contributed by atoms with E-state index in [0.29, 0.717) is 11.7 Å². The van der Waals surface area contributed by atoms with Gasteiger partial charge in [0, 0.05) is 24.4 Å². The average molecular weight is 217 g/mol. The second kappa shape index (κ2) is 4.35. The topological polar surface area (TPSA) is 64.9 Å². The van der Waals surface area contributed by atoms with Gasteiger partial charge in [-0.3, -0.25) is 4.98 Å². The van der Waals surface area contributed by atoms with Crippen molar-refractivity contribution in [2.45, 2.75) is 20.3 Å². The van der Waals surface area contributed by atoms with E-state index in [1.54, 1.807) is 12.4 Å². The molecule has 0 aliphatic rings. The summed E-state index contributed by atoms with van der Waals surface area (Å²) in [6, 6.07) is 3.83. The molecule has 0 aromatic carbocycles. The van der Waals surface area contributed by atoms with Gasteiger partial charge < -0.3 is 10.3 Å². The lowest BCUT2D eigenvalue weighted by atomic mass is 10.0.